The monoisotopic (exact) mass is 509 g/mol. The molecule has 0 unspecified atom stereocenters. The van der Waals surface area contributed by atoms with Crippen LogP contribution in [0.25, 0.3) is 6.08 Å². The molecule has 0 saturated carbocycles. The van der Waals surface area contributed by atoms with E-state index in [0.717, 1.165) is 5.56 Å². The summed E-state index contributed by atoms with van der Waals surface area (Å²) < 4.78 is 26.0. The second-order valence-corrected chi connectivity index (χ2v) is 9.67. The van der Waals surface area contributed by atoms with Crippen molar-refractivity contribution in [1.29, 1.82) is 0 Å². The summed E-state index contributed by atoms with van der Waals surface area (Å²) in [6.07, 6.45) is 1.79. The minimum Gasteiger partial charge on any atom is -0.493 e. The number of hydrogen-bond acceptors (Lipinski definition) is 5. The van der Waals surface area contributed by atoms with E-state index in [-0.39, 0.29) is 18.3 Å². The van der Waals surface area contributed by atoms with Gasteiger partial charge in [0.2, 0.25) is 0 Å². The first-order chi connectivity index (χ1) is 14.3. The second-order valence-electron chi connectivity index (χ2n) is 7.14. The van der Waals surface area contributed by atoms with Gasteiger partial charge in [-0.05, 0) is 63.3 Å². The predicted octanol–water partition coefficient (Wildman–Crippen LogP) is 6.03. The summed E-state index contributed by atoms with van der Waals surface area (Å²) in [6.45, 7) is 4.89. The molecule has 2 aromatic rings. The summed E-state index contributed by atoms with van der Waals surface area (Å²) in [6, 6.07) is 9.88. The lowest BCUT2D eigenvalue weighted by Gasteiger charge is -2.16. The number of nitrogens with zero attached hydrogens (tertiary/aromatic N) is 1. The number of thiocarbonyl (C=S) groups is 1. The largest absolute Gasteiger partial charge is 0.493 e. The molecule has 1 aliphatic heterocycles. The van der Waals surface area contributed by atoms with Gasteiger partial charge in [-0.25, -0.2) is 4.39 Å². The molecular formula is C22H21BrFNO3S2. The summed E-state index contributed by atoms with van der Waals surface area (Å²) in [5.41, 5.74) is 1.49. The van der Waals surface area contributed by atoms with Crippen molar-refractivity contribution in [3.8, 4) is 11.5 Å². The van der Waals surface area contributed by atoms with Crippen LogP contribution in [0.2, 0.25) is 0 Å². The van der Waals surface area contributed by atoms with Crippen molar-refractivity contribution in [2.45, 2.75) is 20.5 Å². The molecule has 1 fully saturated rings. The van der Waals surface area contributed by atoms with E-state index in [2.05, 4.69) is 15.9 Å². The first kappa shape index (κ1) is 22.8. The van der Waals surface area contributed by atoms with Gasteiger partial charge in [-0.3, -0.25) is 9.69 Å². The molecule has 158 valence electrons. The Hall–Kier alpha value is -1.90. The molecule has 0 N–H and O–H groups in total. The molecule has 4 nitrogen and oxygen atoms in total. The standard InChI is InChI=1S/C22H21BrFNO3S2/c1-13(2)11-25-21(26)19(30-22(25)29)10-15-8-17(23)20(18(9-15)27-3)28-12-14-5-4-6-16(24)7-14/h4-10,13H,11-12H2,1-3H3/b19-10-. The van der Waals surface area contributed by atoms with Gasteiger partial charge in [0.25, 0.3) is 5.91 Å². The van der Waals surface area contributed by atoms with E-state index in [0.29, 0.717) is 43.2 Å². The molecule has 1 saturated heterocycles. The molecule has 8 heteroatoms. The fourth-order valence-electron chi connectivity index (χ4n) is 2.92. The quantitative estimate of drug-likeness (QED) is 0.336. The molecule has 1 amide bonds. The van der Waals surface area contributed by atoms with E-state index in [4.69, 9.17) is 21.7 Å². The predicted molar refractivity (Wildman–Crippen MR) is 126 cm³/mol. The van der Waals surface area contributed by atoms with Gasteiger partial charge in [0.15, 0.2) is 11.5 Å². The Labute approximate surface area is 193 Å². The van der Waals surface area contributed by atoms with Gasteiger partial charge in [-0.2, -0.15) is 0 Å². The Bertz CT molecular complexity index is 1010. The van der Waals surface area contributed by atoms with Crippen molar-refractivity contribution in [1.82, 2.24) is 4.90 Å². The van der Waals surface area contributed by atoms with Crippen molar-refractivity contribution in [3.63, 3.8) is 0 Å². The molecule has 0 atom stereocenters. The highest BCUT2D eigenvalue weighted by Crippen LogP contribution is 2.39. The van der Waals surface area contributed by atoms with Gasteiger partial charge in [-0.1, -0.05) is 50.0 Å². The molecule has 1 heterocycles. The Morgan fingerprint density at radius 2 is 2.07 bits per heavy atom. The number of methoxy groups -OCH3 is 1. The maximum absolute atomic E-state index is 13.4. The SMILES string of the molecule is COc1cc(/C=C2\SC(=S)N(CC(C)C)C2=O)cc(Br)c1OCc1cccc(F)c1. The van der Waals surface area contributed by atoms with E-state index in [9.17, 15) is 9.18 Å². The van der Waals surface area contributed by atoms with Crippen molar-refractivity contribution < 1.29 is 18.7 Å². The summed E-state index contributed by atoms with van der Waals surface area (Å²) in [7, 11) is 1.54. The van der Waals surface area contributed by atoms with Crippen molar-refractivity contribution in [2.75, 3.05) is 13.7 Å². The van der Waals surface area contributed by atoms with Crippen LogP contribution in [0.3, 0.4) is 0 Å². The molecule has 3 rings (SSSR count). The van der Waals surface area contributed by atoms with Crippen LogP contribution in [-0.2, 0) is 11.4 Å². The van der Waals surface area contributed by atoms with E-state index in [1.165, 1.54) is 23.9 Å². The molecule has 0 bridgehead atoms. The van der Waals surface area contributed by atoms with E-state index in [1.54, 1.807) is 36.3 Å². The van der Waals surface area contributed by atoms with Crippen LogP contribution in [0.5, 0.6) is 11.5 Å². The molecule has 30 heavy (non-hydrogen) atoms. The number of ether oxygens (including phenoxy) is 2. The van der Waals surface area contributed by atoms with Crippen LogP contribution in [0, 0.1) is 11.7 Å². The van der Waals surface area contributed by atoms with Crippen LogP contribution in [0.15, 0.2) is 45.8 Å². The van der Waals surface area contributed by atoms with Crippen LogP contribution < -0.4 is 9.47 Å². The fourth-order valence-corrected chi connectivity index (χ4v) is 4.77. The van der Waals surface area contributed by atoms with E-state index < -0.39 is 0 Å². The lowest BCUT2D eigenvalue weighted by Crippen LogP contribution is -2.31. The lowest BCUT2D eigenvalue weighted by molar-refractivity contribution is -0.122. The zero-order valence-corrected chi connectivity index (χ0v) is 20.0. The zero-order chi connectivity index (χ0) is 21.8. The third-order valence-electron chi connectivity index (χ3n) is 4.24. The second kappa shape index (κ2) is 9.94. The molecular weight excluding hydrogens is 489 g/mol. The van der Waals surface area contributed by atoms with Crippen LogP contribution >= 0.6 is 39.9 Å². The molecule has 0 aromatic heterocycles. The van der Waals surface area contributed by atoms with Crippen molar-refractivity contribution in [2.24, 2.45) is 5.92 Å². The topological polar surface area (TPSA) is 38.8 Å². The Kier molecular flexibility index (Phi) is 7.55. The maximum Gasteiger partial charge on any atom is 0.266 e. The highest BCUT2D eigenvalue weighted by molar-refractivity contribution is 9.10. The average molecular weight is 510 g/mol. The van der Waals surface area contributed by atoms with Gasteiger partial charge in [-0.15, -0.1) is 0 Å². The summed E-state index contributed by atoms with van der Waals surface area (Å²) in [4.78, 5) is 14.9. The van der Waals surface area contributed by atoms with Gasteiger partial charge >= 0.3 is 0 Å². The van der Waals surface area contributed by atoms with Crippen molar-refractivity contribution >= 4 is 56.2 Å². The molecule has 1 aliphatic rings. The Balaban J connectivity index is 1.82. The summed E-state index contributed by atoms with van der Waals surface area (Å²) in [5.74, 6) is 0.944. The number of rotatable bonds is 7. The van der Waals surface area contributed by atoms with Crippen LogP contribution in [0.4, 0.5) is 4.39 Å². The first-order valence-electron chi connectivity index (χ1n) is 9.28. The minimum absolute atomic E-state index is 0.0831. The maximum atomic E-state index is 13.4. The number of carbonyl (C=O) groups excluding carboxylic acids is 1. The minimum atomic E-state index is -0.313. The average Bonchev–Trinajstić information content (AvgIpc) is 2.94. The summed E-state index contributed by atoms with van der Waals surface area (Å²) >= 11 is 10.2. The third-order valence-corrected chi connectivity index (χ3v) is 6.21. The molecule has 0 aliphatic carbocycles. The molecule has 0 spiro atoms. The van der Waals surface area contributed by atoms with Crippen molar-refractivity contribution in [3.05, 3.63) is 62.7 Å². The highest BCUT2D eigenvalue weighted by Gasteiger charge is 2.32. The third kappa shape index (κ3) is 5.42. The number of thioether (sulfide) groups is 1. The van der Waals surface area contributed by atoms with Crippen LogP contribution in [-0.4, -0.2) is 28.8 Å². The van der Waals surface area contributed by atoms with Gasteiger partial charge in [0.05, 0.1) is 16.5 Å². The number of amides is 1. The zero-order valence-electron chi connectivity index (χ0n) is 16.8. The van der Waals surface area contributed by atoms with Crippen LogP contribution in [0.1, 0.15) is 25.0 Å². The van der Waals surface area contributed by atoms with E-state index >= 15 is 0 Å². The highest BCUT2D eigenvalue weighted by atomic mass is 79.9. The number of carbonyl (C=O) groups is 1. The fraction of sp³-hybridized carbons (Fsp3) is 0.273. The first-order valence-corrected chi connectivity index (χ1v) is 11.3. The van der Waals surface area contributed by atoms with Gasteiger partial charge in [0.1, 0.15) is 16.7 Å². The van der Waals surface area contributed by atoms with E-state index in [1.807, 2.05) is 19.9 Å². The smallest absolute Gasteiger partial charge is 0.266 e. The Morgan fingerprint density at radius 3 is 2.73 bits per heavy atom. The normalized spacial score (nSPS) is 15.4. The molecule has 2 aromatic carbocycles. The number of hydrogen-bond donors (Lipinski definition) is 0. The molecule has 0 radical (unpaired) electrons. The summed E-state index contributed by atoms with van der Waals surface area (Å²) in [5, 5.41) is 0. The Morgan fingerprint density at radius 1 is 1.30 bits per heavy atom. The lowest BCUT2D eigenvalue weighted by atomic mass is 10.1. The van der Waals surface area contributed by atoms with Gasteiger partial charge < -0.3 is 9.47 Å². The number of benzene rings is 2. The van der Waals surface area contributed by atoms with Gasteiger partial charge in [0, 0.05) is 6.54 Å². The number of halogens is 2.